The van der Waals surface area contributed by atoms with E-state index in [4.69, 9.17) is 4.74 Å². The molecule has 0 saturated heterocycles. The third-order valence-corrected chi connectivity index (χ3v) is 4.97. The second kappa shape index (κ2) is 10.5. The van der Waals surface area contributed by atoms with E-state index in [2.05, 4.69) is 14.9 Å². The highest BCUT2D eigenvalue weighted by Crippen LogP contribution is 2.31. The van der Waals surface area contributed by atoms with Gasteiger partial charge in [0.05, 0.1) is 5.56 Å². The molecule has 0 amide bonds. The molecule has 9 heteroatoms. The zero-order chi connectivity index (χ0) is 22.6. The summed E-state index contributed by atoms with van der Waals surface area (Å²) in [5.41, 5.74) is 1.39. The number of hydrogen-bond donors (Lipinski definition) is 1. The van der Waals surface area contributed by atoms with E-state index < -0.39 is 17.8 Å². The first-order valence-corrected chi connectivity index (χ1v) is 9.90. The van der Waals surface area contributed by atoms with Crippen molar-refractivity contribution >= 4 is 12.4 Å². The highest BCUT2D eigenvalue weighted by Gasteiger charge is 2.30. The molecule has 1 aromatic heterocycles. The van der Waals surface area contributed by atoms with E-state index in [1.54, 1.807) is 24.5 Å². The summed E-state index contributed by atoms with van der Waals surface area (Å²) >= 11 is 0. The van der Waals surface area contributed by atoms with Crippen LogP contribution in [0.1, 0.15) is 22.8 Å². The minimum Gasteiger partial charge on any atom is -0.424 e. The number of aliphatic hydroxyl groups excluding tert-OH is 1. The van der Waals surface area contributed by atoms with Gasteiger partial charge in [-0.15, -0.1) is 12.4 Å². The lowest BCUT2D eigenvalue weighted by Gasteiger charge is -2.25. The maximum Gasteiger partial charge on any atom is 0.416 e. The van der Waals surface area contributed by atoms with Crippen LogP contribution in [-0.4, -0.2) is 26.5 Å². The summed E-state index contributed by atoms with van der Waals surface area (Å²) in [6, 6.07) is 14.1. The van der Waals surface area contributed by atoms with E-state index in [9.17, 15) is 18.3 Å². The second-order valence-electron chi connectivity index (χ2n) is 7.25. The lowest BCUT2D eigenvalue weighted by Crippen LogP contribution is -2.20. The van der Waals surface area contributed by atoms with Crippen molar-refractivity contribution < 1.29 is 23.0 Å². The zero-order valence-corrected chi connectivity index (χ0v) is 18.1. The van der Waals surface area contributed by atoms with Crippen LogP contribution < -0.4 is 4.74 Å². The predicted molar refractivity (Wildman–Crippen MR) is 120 cm³/mol. The van der Waals surface area contributed by atoms with E-state index in [-0.39, 0.29) is 18.4 Å². The Balaban J connectivity index is 0.00000306. The lowest BCUT2D eigenvalue weighted by atomic mass is 9.98. The molecule has 0 radical (unpaired) electrons. The molecule has 1 atom stereocenters. The highest BCUT2D eigenvalue weighted by molar-refractivity contribution is 5.85. The average molecular weight is 476 g/mol. The fourth-order valence-corrected chi connectivity index (χ4v) is 3.25. The van der Waals surface area contributed by atoms with Crippen molar-refractivity contribution in [3.63, 3.8) is 0 Å². The van der Waals surface area contributed by atoms with Crippen molar-refractivity contribution in [3.8, 4) is 11.8 Å². The molecule has 1 N–H and O–H groups in total. The predicted octanol–water partition coefficient (Wildman–Crippen LogP) is 5.70. The molecule has 0 spiro atoms. The molecular formula is C24H21ClF3N3O2. The molecule has 3 aromatic rings. The van der Waals surface area contributed by atoms with Crippen molar-refractivity contribution in [3.05, 3.63) is 108 Å². The van der Waals surface area contributed by atoms with Gasteiger partial charge >= 0.3 is 12.2 Å². The van der Waals surface area contributed by atoms with Crippen LogP contribution in [0.25, 0.3) is 0 Å². The van der Waals surface area contributed by atoms with Crippen molar-refractivity contribution in [2.45, 2.75) is 18.8 Å². The first kappa shape index (κ1) is 24.3. The molecule has 2 heterocycles. The van der Waals surface area contributed by atoms with Crippen LogP contribution in [0.4, 0.5) is 13.2 Å². The number of benzene rings is 2. The van der Waals surface area contributed by atoms with E-state index in [0.29, 0.717) is 30.0 Å². The monoisotopic (exact) mass is 475 g/mol. The lowest BCUT2D eigenvalue weighted by molar-refractivity contribution is -0.137. The van der Waals surface area contributed by atoms with Crippen LogP contribution >= 0.6 is 12.4 Å². The van der Waals surface area contributed by atoms with E-state index >= 15 is 0 Å². The smallest absolute Gasteiger partial charge is 0.416 e. The van der Waals surface area contributed by atoms with Gasteiger partial charge in [-0.1, -0.05) is 30.3 Å². The Bertz CT molecular complexity index is 1100. The van der Waals surface area contributed by atoms with E-state index in [0.717, 1.165) is 17.7 Å². The number of aliphatic hydroxyl groups is 1. The van der Waals surface area contributed by atoms with Gasteiger partial charge in [0.25, 0.3) is 0 Å². The minimum atomic E-state index is -4.40. The molecule has 4 rings (SSSR count). The highest BCUT2D eigenvalue weighted by atomic mass is 35.5. The van der Waals surface area contributed by atoms with Gasteiger partial charge in [-0.05, 0) is 53.1 Å². The number of halogens is 4. The molecule has 0 bridgehead atoms. The van der Waals surface area contributed by atoms with Gasteiger partial charge in [0.1, 0.15) is 11.9 Å². The topological polar surface area (TPSA) is 58.5 Å². The molecule has 2 aromatic carbocycles. The van der Waals surface area contributed by atoms with E-state index in [1.165, 1.54) is 12.1 Å². The zero-order valence-electron chi connectivity index (χ0n) is 17.3. The number of ether oxygens (including phenoxy) is 1. The Morgan fingerprint density at radius 3 is 2.24 bits per heavy atom. The van der Waals surface area contributed by atoms with Crippen LogP contribution in [-0.2, 0) is 12.7 Å². The maximum atomic E-state index is 12.7. The first-order chi connectivity index (χ1) is 15.4. The molecule has 172 valence electrons. The Kier molecular flexibility index (Phi) is 7.73. The van der Waals surface area contributed by atoms with Gasteiger partial charge in [0.15, 0.2) is 0 Å². The van der Waals surface area contributed by atoms with Gasteiger partial charge < -0.3 is 14.7 Å². The van der Waals surface area contributed by atoms with Gasteiger partial charge in [-0.25, -0.2) is 9.97 Å². The molecule has 0 fully saturated rings. The Hall–Kier alpha value is -3.36. The summed E-state index contributed by atoms with van der Waals surface area (Å²) < 4.78 is 43.7. The number of rotatable bonds is 6. The third-order valence-electron chi connectivity index (χ3n) is 4.97. The summed E-state index contributed by atoms with van der Waals surface area (Å²) in [6.07, 6.45) is 3.35. The third kappa shape index (κ3) is 6.34. The Morgan fingerprint density at radius 2 is 1.67 bits per heavy atom. The molecule has 33 heavy (non-hydrogen) atoms. The molecule has 1 unspecified atom stereocenters. The number of nitrogens with zero attached hydrogens (tertiary/aromatic N) is 3. The molecular weight excluding hydrogens is 455 g/mol. The minimum absolute atomic E-state index is 0. The fraction of sp³-hybridized carbons (Fsp3) is 0.167. The number of hydrogen-bond acceptors (Lipinski definition) is 5. The molecule has 0 saturated carbocycles. The fourth-order valence-electron chi connectivity index (χ4n) is 3.25. The number of alkyl halides is 3. The molecule has 1 aliphatic heterocycles. The summed E-state index contributed by atoms with van der Waals surface area (Å²) in [7, 11) is 0. The summed E-state index contributed by atoms with van der Waals surface area (Å²) in [6.45, 7) is 1.22. The standard InChI is InChI=1S/C24H20F3N3O2.ClH/c25-24(26,27)20-6-4-18(5-7-20)22(31)19-10-14-30(15-11-19)16-17-2-8-21(9-3-17)32-23-28-12-1-13-29-23;/h1-14,22,31H,15-16H2;1H. The summed E-state index contributed by atoms with van der Waals surface area (Å²) in [4.78, 5) is 10.1. The maximum absolute atomic E-state index is 12.7. The normalized spacial score (nSPS) is 14.3. The first-order valence-electron chi connectivity index (χ1n) is 9.90. The Morgan fingerprint density at radius 1 is 1.00 bits per heavy atom. The van der Waals surface area contributed by atoms with Crippen LogP contribution in [0.5, 0.6) is 11.8 Å². The second-order valence-corrected chi connectivity index (χ2v) is 7.25. The Labute approximate surface area is 195 Å². The summed E-state index contributed by atoms with van der Waals surface area (Å²) in [5, 5.41) is 10.5. The van der Waals surface area contributed by atoms with Crippen LogP contribution in [0.3, 0.4) is 0 Å². The van der Waals surface area contributed by atoms with Crippen molar-refractivity contribution in [1.29, 1.82) is 0 Å². The van der Waals surface area contributed by atoms with Gasteiger partial charge in [0, 0.05) is 31.7 Å². The average Bonchev–Trinajstić information content (AvgIpc) is 2.81. The largest absolute Gasteiger partial charge is 0.424 e. The quantitative estimate of drug-likeness (QED) is 0.495. The molecule has 1 aliphatic rings. The molecule has 0 aliphatic carbocycles. The SMILES string of the molecule is Cl.OC(C1=CCN(Cc2ccc(Oc3ncccn3)cc2)C=C1)c1ccc(C(F)(F)F)cc1. The van der Waals surface area contributed by atoms with Gasteiger partial charge in [-0.2, -0.15) is 13.2 Å². The van der Waals surface area contributed by atoms with Crippen molar-refractivity contribution in [1.82, 2.24) is 14.9 Å². The van der Waals surface area contributed by atoms with E-state index in [1.807, 2.05) is 36.5 Å². The number of aromatic nitrogens is 2. The molecule has 5 nitrogen and oxygen atoms in total. The van der Waals surface area contributed by atoms with Gasteiger partial charge in [-0.3, -0.25) is 0 Å². The van der Waals surface area contributed by atoms with Crippen molar-refractivity contribution in [2.24, 2.45) is 0 Å². The van der Waals surface area contributed by atoms with Crippen LogP contribution in [0.2, 0.25) is 0 Å². The van der Waals surface area contributed by atoms with Crippen LogP contribution in [0, 0.1) is 0 Å². The van der Waals surface area contributed by atoms with Crippen LogP contribution in [0.15, 0.2) is 90.9 Å². The van der Waals surface area contributed by atoms with Gasteiger partial charge in [0.2, 0.25) is 0 Å². The summed E-state index contributed by atoms with van der Waals surface area (Å²) in [5.74, 6) is 0.635. The van der Waals surface area contributed by atoms with Crippen molar-refractivity contribution in [2.75, 3.05) is 6.54 Å².